The molecule has 2 amide bonds. The Morgan fingerprint density at radius 3 is 2.77 bits per heavy atom. The maximum absolute atomic E-state index is 14.0. The third-order valence-electron chi connectivity index (χ3n) is 7.28. The van der Waals surface area contributed by atoms with Gasteiger partial charge in [0.25, 0.3) is 11.8 Å². The van der Waals surface area contributed by atoms with Crippen molar-refractivity contribution >= 4 is 11.8 Å². The van der Waals surface area contributed by atoms with Gasteiger partial charge in [0.15, 0.2) is 18.1 Å². The highest BCUT2D eigenvalue weighted by molar-refractivity contribution is 5.95. The van der Waals surface area contributed by atoms with E-state index in [1.807, 2.05) is 76.3 Å². The lowest BCUT2D eigenvalue weighted by Gasteiger charge is -2.38. The molecule has 3 aromatic carbocycles. The van der Waals surface area contributed by atoms with E-state index in [9.17, 15) is 9.59 Å². The number of hydrogen-bond acceptors (Lipinski definition) is 6. The summed E-state index contributed by atoms with van der Waals surface area (Å²) in [5.74, 6) is 1.46. The van der Waals surface area contributed by atoms with Crippen molar-refractivity contribution in [2.45, 2.75) is 18.9 Å². The number of ether oxygens (including phenoxy) is 3. The first-order valence-electron chi connectivity index (χ1n) is 13.3. The molecule has 0 radical (unpaired) electrons. The minimum Gasteiger partial charge on any atom is -0.494 e. The van der Waals surface area contributed by atoms with Crippen molar-refractivity contribution < 1.29 is 23.8 Å². The Morgan fingerprint density at radius 2 is 1.98 bits per heavy atom. The van der Waals surface area contributed by atoms with Crippen molar-refractivity contribution in [2.24, 2.45) is 0 Å². The zero-order valence-electron chi connectivity index (χ0n) is 22.2. The van der Waals surface area contributed by atoms with Gasteiger partial charge in [0.2, 0.25) is 0 Å². The molecular weight excluding hydrogens is 508 g/mol. The summed E-state index contributed by atoms with van der Waals surface area (Å²) in [6.07, 6.45) is 6.60. The lowest BCUT2D eigenvalue weighted by molar-refractivity contribution is -0.123. The molecule has 7 rings (SSSR count). The van der Waals surface area contributed by atoms with Crippen LogP contribution in [0, 0.1) is 0 Å². The third-order valence-corrected chi connectivity index (χ3v) is 7.28. The number of rotatable bonds is 3. The Morgan fingerprint density at radius 1 is 1.10 bits per heavy atom. The summed E-state index contributed by atoms with van der Waals surface area (Å²) in [5, 5.41) is 2.86. The molecule has 0 spiro atoms. The van der Waals surface area contributed by atoms with E-state index >= 15 is 0 Å². The topological polar surface area (TPSA) is 94.9 Å². The Balaban J connectivity index is 1.41. The van der Waals surface area contributed by atoms with Crippen LogP contribution >= 0.6 is 0 Å². The second-order valence-electron chi connectivity index (χ2n) is 9.78. The maximum Gasteiger partial charge on any atom is 0.257 e. The zero-order chi connectivity index (χ0) is 27.5. The molecule has 1 aromatic heterocycles. The number of nitrogens with zero attached hydrogens (tertiary/aromatic N) is 3. The number of aromatic nitrogens is 2. The van der Waals surface area contributed by atoms with Crippen LogP contribution < -0.4 is 19.5 Å². The van der Waals surface area contributed by atoms with Gasteiger partial charge in [-0.25, -0.2) is 4.98 Å². The zero-order valence-corrected chi connectivity index (χ0v) is 22.2. The second kappa shape index (κ2) is 11.1. The van der Waals surface area contributed by atoms with Gasteiger partial charge in [0.1, 0.15) is 5.75 Å². The summed E-state index contributed by atoms with van der Waals surface area (Å²) in [6, 6.07) is 18.9. The van der Waals surface area contributed by atoms with Crippen molar-refractivity contribution in [2.75, 3.05) is 33.4 Å². The number of fused-ring (bicyclic) bond motifs is 8. The molecule has 1 atom stereocenters. The summed E-state index contributed by atoms with van der Waals surface area (Å²) in [5.41, 5.74) is 4.47. The van der Waals surface area contributed by atoms with Gasteiger partial charge in [-0.15, -0.1) is 0 Å². The molecule has 4 heterocycles. The Kier molecular flexibility index (Phi) is 7.09. The average Bonchev–Trinajstić information content (AvgIpc) is 3.53. The lowest BCUT2D eigenvalue weighted by Crippen LogP contribution is -2.40. The molecule has 9 nitrogen and oxygen atoms in total. The molecule has 3 aliphatic heterocycles. The summed E-state index contributed by atoms with van der Waals surface area (Å²) < 4.78 is 19.5. The molecule has 0 aliphatic carbocycles. The number of hydrogen-bond donors (Lipinski definition) is 1. The minimum atomic E-state index is -0.368. The predicted molar refractivity (Wildman–Crippen MR) is 148 cm³/mol. The van der Waals surface area contributed by atoms with Crippen LogP contribution in [0.1, 0.15) is 39.5 Å². The molecule has 1 N–H and O–H groups in total. The molecular formula is C31H30N4O5. The fourth-order valence-electron chi connectivity index (χ4n) is 5.29. The van der Waals surface area contributed by atoms with Gasteiger partial charge >= 0.3 is 0 Å². The number of benzene rings is 3. The largest absolute Gasteiger partial charge is 0.494 e. The molecule has 0 saturated heterocycles. The molecule has 9 heteroatoms. The fraction of sp³-hybridized carbons (Fsp3) is 0.258. The first-order valence-corrected chi connectivity index (χ1v) is 13.3. The van der Waals surface area contributed by atoms with Crippen molar-refractivity contribution in [1.82, 2.24) is 19.8 Å². The molecule has 6 bridgehead atoms. The van der Waals surface area contributed by atoms with E-state index in [2.05, 4.69) is 10.3 Å². The number of imidazole rings is 1. The van der Waals surface area contributed by atoms with Crippen LogP contribution in [0.2, 0.25) is 0 Å². The van der Waals surface area contributed by atoms with E-state index in [1.165, 1.54) is 0 Å². The monoisotopic (exact) mass is 538 g/mol. The van der Waals surface area contributed by atoms with Gasteiger partial charge in [0.05, 0.1) is 26.1 Å². The Bertz CT molecular complexity index is 1520. The smallest absolute Gasteiger partial charge is 0.257 e. The normalized spacial score (nSPS) is 17.0. The van der Waals surface area contributed by atoms with E-state index in [-0.39, 0.29) is 24.5 Å². The van der Waals surface area contributed by atoms with Gasteiger partial charge in [-0.1, -0.05) is 12.1 Å². The van der Waals surface area contributed by atoms with Crippen LogP contribution in [0.4, 0.5) is 0 Å². The summed E-state index contributed by atoms with van der Waals surface area (Å²) in [7, 11) is 1.57. The van der Waals surface area contributed by atoms with E-state index in [0.29, 0.717) is 55.4 Å². The average molecular weight is 539 g/mol. The minimum absolute atomic E-state index is 0.0653. The van der Waals surface area contributed by atoms with Crippen LogP contribution in [0.5, 0.6) is 17.2 Å². The number of carbonyl (C=O) groups is 2. The van der Waals surface area contributed by atoms with Gasteiger partial charge in [-0.05, 0) is 78.1 Å². The van der Waals surface area contributed by atoms with Crippen LogP contribution in [0.3, 0.4) is 0 Å². The van der Waals surface area contributed by atoms with Gasteiger partial charge in [-0.2, -0.15) is 0 Å². The quantitative estimate of drug-likeness (QED) is 0.425. The van der Waals surface area contributed by atoms with Crippen molar-refractivity contribution in [1.29, 1.82) is 0 Å². The molecule has 0 fully saturated rings. The van der Waals surface area contributed by atoms with Crippen LogP contribution in [0.25, 0.3) is 5.69 Å². The number of nitrogens with one attached hydrogen (secondary N) is 1. The first-order chi connectivity index (χ1) is 19.6. The highest BCUT2D eigenvalue weighted by Crippen LogP contribution is 2.42. The van der Waals surface area contributed by atoms with Gasteiger partial charge in [-0.3, -0.25) is 9.59 Å². The van der Waals surface area contributed by atoms with E-state index in [4.69, 9.17) is 14.2 Å². The fourth-order valence-corrected chi connectivity index (χ4v) is 5.29. The van der Waals surface area contributed by atoms with E-state index < -0.39 is 0 Å². The molecule has 1 unspecified atom stereocenters. The summed E-state index contributed by atoms with van der Waals surface area (Å²) in [4.78, 5) is 32.4. The SMILES string of the molecule is COc1cc2c3cc1OCC(=O)NCCCOc1cccc(c1)C2N(C(=O)c1ccc(-n2ccnc2)cc1)CC3. The summed E-state index contributed by atoms with van der Waals surface area (Å²) in [6.45, 7) is 1.33. The van der Waals surface area contributed by atoms with Crippen LogP contribution in [-0.4, -0.2) is 59.7 Å². The van der Waals surface area contributed by atoms with E-state index in [0.717, 1.165) is 22.4 Å². The molecule has 0 saturated carbocycles. The van der Waals surface area contributed by atoms with Gasteiger partial charge in [0, 0.05) is 36.7 Å². The van der Waals surface area contributed by atoms with Gasteiger partial charge < -0.3 is 29.0 Å². The second-order valence-corrected chi connectivity index (χ2v) is 9.78. The first kappa shape index (κ1) is 25.5. The molecule has 40 heavy (non-hydrogen) atoms. The third kappa shape index (κ3) is 5.10. The predicted octanol–water partition coefficient (Wildman–Crippen LogP) is 3.95. The maximum atomic E-state index is 14.0. The highest BCUT2D eigenvalue weighted by Gasteiger charge is 2.34. The Labute approximate surface area is 232 Å². The number of methoxy groups -OCH3 is 1. The van der Waals surface area contributed by atoms with Crippen molar-refractivity contribution in [3.8, 4) is 22.9 Å². The molecule has 3 aliphatic rings. The lowest BCUT2D eigenvalue weighted by atomic mass is 9.87. The Hall–Kier alpha value is -4.79. The standard InChI is InChI=1S/C31H30N4O5/c1-38-27-18-26-22-10-13-35(31(37)21-6-8-24(9-7-21)34-14-12-32-20-34)30(26)23-4-2-5-25(16-23)39-15-3-11-33-29(36)19-40-28(27)17-22/h2,4-9,12,14,16-18,20,30H,3,10-11,13,15,19H2,1H3,(H,33,36). The molecule has 4 aromatic rings. The van der Waals surface area contributed by atoms with Crippen molar-refractivity contribution in [3.05, 3.63) is 102 Å². The number of amides is 2. The van der Waals surface area contributed by atoms with Crippen molar-refractivity contribution in [3.63, 3.8) is 0 Å². The van der Waals surface area contributed by atoms with Crippen LogP contribution in [0.15, 0.2) is 79.4 Å². The number of carbonyl (C=O) groups excluding carboxylic acids is 2. The van der Waals surface area contributed by atoms with E-state index in [1.54, 1.807) is 19.6 Å². The molecule has 204 valence electrons. The summed E-state index contributed by atoms with van der Waals surface area (Å²) >= 11 is 0. The van der Waals surface area contributed by atoms with Crippen LogP contribution in [-0.2, 0) is 11.2 Å². The highest BCUT2D eigenvalue weighted by atomic mass is 16.5.